The molecule has 0 saturated carbocycles. The van der Waals surface area contributed by atoms with E-state index in [-0.39, 0.29) is 30.1 Å². The van der Waals surface area contributed by atoms with Crippen LogP contribution in [-0.4, -0.2) is 55.0 Å². The molecule has 1 saturated heterocycles. The summed E-state index contributed by atoms with van der Waals surface area (Å²) in [6, 6.07) is -0.191. The molecule has 0 spiro atoms. The Kier molecular flexibility index (Phi) is 4.73. The number of aliphatic hydroxyl groups excluding tert-OH is 1. The number of hydrogen-bond donors (Lipinski definition) is 1. The number of amides is 1. The number of carbonyl (C=O) groups excluding carboxylic acids is 1. The normalized spacial score (nSPS) is 23.2. The highest BCUT2D eigenvalue weighted by atomic mass is 32.2. The maximum Gasteiger partial charge on any atom is 0.222 e. The van der Waals surface area contributed by atoms with Gasteiger partial charge in [-0.1, -0.05) is 6.92 Å². The Hall–Kier alpha value is -0.620. The molecular formula is C10H19NO4S. The first kappa shape index (κ1) is 13.4. The fourth-order valence-corrected chi connectivity index (χ4v) is 3.71. The molecule has 1 fully saturated rings. The summed E-state index contributed by atoms with van der Waals surface area (Å²) in [6.45, 7) is 2.23. The topological polar surface area (TPSA) is 74.7 Å². The van der Waals surface area contributed by atoms with Crippen molar-refractivity contribution in [2.24, 2.45) is 0 Å². The number of sulfone groups is 1. The van der Waals surface area contributed by atoms with Crippen LogP contribution < -0.4 is 0 Å². The van der Waals surface area contributed by atoms with Gasteiger partial charge in [-0.3, -0.25) is 4.79 Å². The van der Waals surface area contributed by atoms with Crippen LogP contribution in [0.3, 0.4) is 0 Å². The van der Waals surface area contributed by atoms with E-state index in [1.165, 1.54) is 0 Å². The van der Waals surface area contributed by atoms with Crippen LogP contribution in [-0.2, 0) is 14.6 Å². The number of nitrogens with zero attached hydrogens (tertiary/aromatic N) is 1. The summed E-state index contributed by atoms with van der Waals surface area (Å²) in [5, 5.41) is 8.76. The maximum absolute atomic E-state index is 11.7. The van der Waals surface area contributed by atoms with E-state index >= 15 is 0 Å². The monoisotopic (exact) mass is 249 g/mol. The summed E-state index contributed by atoms with van der Waals surface area (Å²) in [5.74, 6) is 0.213. The maximum atomic E-state index is 11.7. The van der Waals surface area contributed by atoms with Gasteiger partial charge in [0.05, 0.1) is 11.5 Å². The van der Waals surface area contributed by atoms with Crippen LogP contribution in [0, 0.1) is 0 Å². The SMILES string of the molecule is CCC(=O)N(CCCO)C1CCS(=O)(=O)C1. The molecular weight excluding hydrogens is 230 g/mol. The highest BCUT2D eigenvalue weighted by Crippen LogP contribution is 2.18. The van der Waals surface area contributed by atoms with E-state index in [1.807, 2.05) is 0 Å². The third kappa shape index (κ3) is 3.45. The molecule has 1 atom stereocenters. The highest BCUT2D eigenvalue weighted by Gasteiger charge is 2.33. The predicted molar refractivity (Wildman–Crippen MR) is 60.8 cm³/mol. The lowest BCUT2D eigenvalue weighted by Gasteiger charge is -2.27. The van der Waals surface area contributed by atoms with Gasteiger partial charge in [0.2, 0.25) is 5.91 Å². The van der Waals surface area contributed by atoms with Gasteiger partial charge in [-0.2, -0.15) is 0 Å². The second-order valence-electron chi connectivity index (χ2n) is 4.07. The molecule has 1 rings (SSSR count). The second-order valence-corrected chi connectivity index (χ2v) is 6.30. The Labute approximate surface area is 96.4 Å². The lowest BCUT2D eigenvalue weighted by atomic mass is 10.2. The predicted octanol–water partition coefficient (Wildman–Crippen LogP) is -0.205. The standard InChI is InChI=1S/C10H19NO4S/c1-2-10(13)11(5-3-6-12)9-4-7-16(14,15)8-9/h9,12H,2-8H2,1H3. The average molecular weight is 249 g/mol. The van der Waals surface area contributed by atoms with Crippen molar-refractivity contribution in [1.29, 1.82) is 0 Å². The van der Waals surface area contributed by atoms with Gasteiger partial charge in [-0.05, 0) is 12.8 Å². The Morgan fingerprint density at radius 1 is 1.50 bits per heavy atom. The van der Waals surface area contributed by atoms with Crippen molar-refractivity contribution in [3.8, 4) is 0 Å². The summed E-state index contributed by atoms with van der Waals surface area (Å²) in [5.41, 5.74) is 0. The van der Waals surface area contributed by atoms with E-state index in [2.05, 4.69) is 0 Å². The number of rotatable bonds is 5. The largest absolute Gasteiger partial charge is 0.396 e. The van der Waals surface area contributed by atoms with Crippen LogP contribution in [0.15, 0.2) is 0 Å². The van der Waals surface area contributed by atoms with Crippen molar-refractivity contribution in [3.05, 3.63) is 0 Å². The molecule has 0 aromatic rings. The Morgan fingerprint density at radius 2 is 2.19 bits per heavy atom. The zero-order valence-electron chi connectivity index (χ0n) is 9.55. The molecule has 0 radical (unpaired) electrons. The van der Waals surface area contributed by atoms with Gasteiger partial charge in [-0.15, -0.1) is 0 Å². The van der Waals surface area contributed by atoms with E-state index in [9.17, 15) is 13.2 Å². The molecule has 1 heterocycles. The highest BCUT2D eigenvalue weighted by molar-refractivity contribution is 7.91. The smallest absolute Gasteiger partial charge is 0.222 e. The quantitative estimate of drug-likeness (QED) is 0.732. The summed E-state index contributed by atoms with van der Waals surface area (Å²) in [6.07, 6.45) is 1.41. The first-order valence-corrected chi connectivity index (χ1v) is 7.43. The van der Waals surface area contributed by atoms with Crippen molar-refractivity contribution < 1.29 is 18.3 Å². The lowest BCUT2D eigenvalue weighted by Crippen LogP contribution is -2.41. The van der Waals surface area contributed by atoms with Gasteiger partial charge in [0.25, 0.3) is 0 Å². The van der Waals surface area contributed by atoms with Crippen LogP contribution in [0.25, 0.3) is 0 Å². The summed E-state index contributed by atoms with van der Waals surface area (Å²) in [7, 11) is -2.96. The van der Waals surface area contributed by atoms with Crippen LogP contribution >= 0.6 is 0 Å². The van der Waals surface area contributed by atoms with Gasteiger partial charge in [0, 0.05) is 25.6 Å². The van der Waals surface area contributed by atoms with Gasteiger partial charge < -0.3 is 10.0 Å². The van der Waals surface area contributed by atoms with Crippen molar-refractivity contribution in [2.75, 3.05) is 24.7 Å². The van der Waals surface area contributed by atoms with Gasteiger partial charge in [-0.25, -0.2) is 8.42 Å². The van der Waals surface area contributed by atoms with E-state index in [0.29, 0.717) is 25.8 Å². The van der Waals surface area contributed by atoms with E-state index in [4.69, 9.17) is 5.11 Å². The van der Waals surface area contributed by atoms with Crippen LogP contribution in [0.4, 0.5) is 0 Å². The molecule has 1 aliphatic rings. The van der Waals surface area contributed by atoms with Crippen molar-refractivity contribution in [1.82, 2.24) is 4.90 Å². The van der Waals surface area contributed by atoms with E-state index in [1.54, 1.807) is 11.8 Å². The van der Waals surface area contributed by atoms with Crippen molar-refractivity contribution in [3.63, 3.8) is 0 Å². The summed E-state index contributed by atoms with van der Waals surface area (Å²) in [4.78, 5) is 13.3. The number of aliphatic hydroxyl groups is 1. The fourth-order valence-electron chi connectivity index (χ4n) is 1.98. The zero-order valence-corrected chi connectivity index (χ0v) is 10.4. The third-order valence-electron chi connectivity index (χ3n) is 2.83. The molecule has 0 aromatic heterocycles. The van der Waals surface area contributed by atoms with Crippen molar-refractivity contribution >= 4 is 15.7 Å². The first-order chi connectivity index (χ1) is 7.50. The Morgan fingerprint density at radius 3 is 2.62 bits per heavy atom. The zero-order chi connectivity index (χ0) is 12.2. The number of carbonyl (C=O) groups is 1. The molecule has 0 aliphatic carbocycles. The molecule has 5 nitrogen and oxygen atoms in total. The molecule has 1 unspecified atom stereocenters. The molecule has 0 aromatic carbocycles. The second kappa shape index (κ2) is 5.63. The first-order valence-electron chi connectivity index (χ1n) is 5.61. The Balaban J connectivity index is 2.66. The average Bonchev–Trinajstić information content (AvgIpc) is 2.59. The molecule has 1 N–H and O–H groups in total. The van der Waals surface area contributed by atoms with Crippen LogP contribution in [0.2, 0.25) is 0 Å². The minimum Gasteiger partial charge on any atom is -0.396 e. The van der Waals surface area contributed by atoms with Gasteiger partial charge >= 0.3 is 0 Å². The minimum atomic E-state index is -2.96. The molecule has 16 heavy (non-hydrogen) atoms. The molecule has 1 amide bonds. The van der Waals surface area contributed by atoms with Gasteiger partial charge in [0.15, 0.2) is 9.84 Å². The molecule has 94 valence electrons. The Bertz CT molecular complexity index is 339. The van der Waals surface area contributed by atoms with E-state index in [0.717, 1.165) is 0 Å². The van der Waals surface area contributed by atoms with Crippen LogP contribution in [0.1, 0.15) is 26.2 Å². The van der Waals surface area contributed by atoms with E-state index < -0.39 is 9.84 Å². The molecule has 1 aliphatic heterocycles. The fraction of sp³-hybridized carbons (Fsp3) is 0.900. The van der Waals surface area contributed by atoms with Crippen molar-refractivity contribution in [2.45, 2.75) is 32.2 Å². The number of hydrogen-bond acceptors (Lipinski definition) is 4. The lowest BCUT2D eigenvalue weighted by molar-refractivity contribution is -0.132. The third-order valence-corrected chi connectivity index (χ3v) is 4.58. The summed E-state index contributed by atoms with van der Waals surface area (Å²) < 4.78 is 22.7. The summed E-state index contributed by atoms with van der Waals surface area (Å²) >= 11 is 0. The van der Waals surface area contributed by atoms with Crippen LogP contribution in [0.5, 0.6) is 0 Å². The minimum absolute atomic E-state index is 0.0208. The molecule has 0 bridgehead atoms. The van der Waals surface area contributed by atoms with Gasteiger partial charge in [0.1, 0.15) is 0 Å². The molecule has 6 heteroatoms.